The van der Waals surface area contributed by atoms with Gasteiger partial charge in [0.25, 0.3) is 0 Å². The van der Waals surface area contributed by atoms with E-state index < -0.39 is 0 Å². The van der Waals surface area contributed by atoms with Gasteiger partial charge >= 0.3 is 0 Å². The summed E-state index contributed by atoms with van der Waals surface area (Å²) in [6.45, 7) is 2.10. The van der Waals surface area contributed by atoms with Crippen molar-refractivity contribution in [2.75, 3.05) is 0 Å². The number of nitrogens with one attached hydrogen (secondary N) is 1. The van der Waals surface area contributed by atoms with Crippen molar-refractivity contribution in [1.29, 1.82) is 0 Å². The van der Waals surface area contributed by atoms with Crippen molar-refractivity contribution in [3.05, 3.63) is 70.0 Å². The molecule has 3 N–H and O–H groups in total. The normalized spacial score (nSPS) is 12.4. The molecular weight excluding hydrogens is 275 g/mol. The average molecular weight is 293 g/mol. The Bertz CT molecular complexity index is 586. The second kappa shape index (κ2) is 6.84. The number of aryl methyl sites for hydroxylation is 1. The molecule has 2 nitrogen and oxygen atoms in total. The number of halogens is 2. The highest BCUT2D eigenvalue weighted by Gasteiger charge is 2.14. The van der Waals surface area contributed by atoms with Crippen LogP contribution in [0.1, 0.15) is 29.7 Å². The molecule has 0 saturated heterocycles. The summed E-state index contributed by atoms with van der Waals surface area (Å²) < 4.78 is 14.0. The molecule has 0 aliphatic heterocycles. The highest BCUT2D eigenvalue weighted by atomic mass is 35.5. The van der Waals surface area contributed by atoms with E-state index in [0.717, 1.165) is 12.0 Å². The van der Waals surface area contributed by atoms with Crippen LogP contribution in [0, 0.1) is 5.82 Å². The first-order valence-corrected chi connectivity index (χ1v) is 7.01. The van der Waals surface area contributed by atoms with Crippen LogP contribution < -0.4 is 11.3 Å². The molecular formula is C16H18ClFN2. The summed E-state index contributed by atoms with van der Waals surface area (Å²) in [6, 6.07) is 13.0. The zero-order chi connectivity index (χ0) is 14.5. The van der Waals surface area contributed by atoms with Crippen LogP contribution in [0.4, 0.5) is 4.39 Å². The average Bonchev–Trinajstić information content (AvgIpc) is 2.49. The second-order valence-electron chi connectivity index (χ2n) is 4.73. The molecule has 0 saturated carbocycles. The Morgan fingerprint density at radius 2 is 2.00 bits per heavy atom. The third-order valence-electron chi connectivity index (χ3n) is 3.42. The molecule has 106 valence electrons. The fourth-order valence-electron chi connectivity index (χ4n) is 2.23. The fraction of sp³-hybridized carbons (Fsp3) is 0.250. The minimum absolute atomic E-state index is 0.139. The lowest BCUT2D eigenvalue weighted by Crippen LogP contribution is -2.29. The highest BCUT2D eigenvalue weighted by Crippen LogP contribution is 2.24. The van der Waals surface area contributed by atoms with E-state index in [4.69, 9.17) is 17.4 Å². The van der Waals surface area contributed by atoms with Crippen molar-refractivity contribution < 1.29 is 4.39 Å². The molecule has 0 fully saturated rings. The monoisotopic (exact) mass is 292 g/mol. The summed E-state index contributed by atoms with van der Waals surface area (Å²) in [5.74, 6) is 5.25. The van der Waals surface area contributed by atoms with Crippen LogP contribution >= 0.6 is 11.6 Å². The van der Waals surface area contributed by atoms with E-state index in [0.29, 0.717) is 12.0 Å². The maximum absolute atomic E-state index is 14.0. The molecule has 1 atom stereocenters. The van der Waals surface area contributed by atoms with E-state index in [2.05, 4.69) is 24.5 Å². The number of hydrogen-bond donors (Lipinski definition) is 2. The van der Waals surface area contributed by atoms with Crippen molar-refractivity contribution in [2.24, 2.45) is 5.84 Å². The Morgan fingerprint density at radius 3 is 2.70 bits per heavy atom. The standard InChI is InChI=1S/C16H18ClFN2/c1-2-11-5-3-6-12(9-11)15(20-19)10-13-7-4-8-14(17)16(13)18/h3-9,15,20H,2,10,19H2,1H3. The van der Waals surface area contributed by atoms with Gasteiger partial charge in [-0.05, 0) is 35.6 Å². The van der Waals surface area contributed by atoms with E-state index in [9.17, 15) is 4.39 Å². The van der Waals surface area contributed by atoms with E-state index in [1.807, 2.05) is 12.1 Å². The third-order valence-corrected chi connectivity index (χ3v) is 3.71. The van der Waals surface area contributed by atoms with E-state index in [1.54, 1.807) is 18.2 Å². The van der Waals surface area contributed by atoms with Crippen LogP contribution in [0.3, 0.4) is 0 Å². The van der Waals surface area contributed by atoms with Gasteiger partial charge < -0.3 is 0 Å². The Kier molecular flexibility index (Phi) is 5.12. The highest BCUT2D eigenvalue weighted by molar-refractivity contribution is 6.30. The largest absolute Gasteiger partial charge is 0.271 e. The first-order valence-electron chi connectivity index (χ1n) is 6.63. The quantitative estimate of drug-likeness (QED) is 0.650. The molecule has 0 aromatic heterocycles. The lowest BCUT2D eigenvalue weighted by Gasteiger charge is -2.18. The predicted molar refractivity (Wildman–Crippen MR) is 81.0 cm³/mol. The number of hydrogen-bond acceptors (Lipinski definition) is 2. The topological polar surface area (TPSA) is 38.0 Å². The van der Waals surface area contributed by atoms with E-state index in [-0.39, 0.29) is 16.9 Å². The number of nitrogens with two attached hydrogens (primary N) is 1. The van der Waals surface area contributed by atoms with Crippen molar-refractivity contribution in [3.63, 3.8) is 0 Å². The van der Waals surface area contributed by atoms with Gasteiger partial charge in [0.15, 0.2) is 0 Å². The van der Waals surface area contributed by atoms with Gasteiger partial charge in [-0.3, -0.25) is 11.3 Å². The summed E-state index contributed by atoms with van der Waals surface area (Å²) in [7, 11) is 0. The Hall–Kier alpha value is -1.42. The van der Waals surface area contributed by atoms with Gasteiger partial charge in [-0.1, -0.05) is 54.9 Å². The molecule has 0 aliphatic rings. The first-order chi connectivity index (χ1) is 9.65. The molecule has 2 aromatic carbocycles. The molecule has 0 radical (unpaired) electrons. The number of benzene rings is 2. The van der Waals surface area contributed by atoms with Gasteiger partial charge in [0.05, 0.1) is 11.1 Å². The van der Waals surface area contributed by atoms with Crippen molar-refractivity contribution in [2.45, 2.75) is 25.8 Å². The van der Waals surface area contributed by atoms with Crippen LogP contribution in [0.5, 0.6) is 0 Å². The van der Waals surface area contributed by atoms with Crippen LogP contribution in [0.2, 0.25) is 5.02 Å². The molecule has 0 heterocycles. The van der Waals surface area contributed by atoms with Gasteiger partial charge in [0.1, 0.15) is 5.82 Å². The molecule has 2 rings (SSSR count). The minimum atomic E-state index is -0.374. The molecule has 0 amide bonds. The smallest absolute Gasteiger partial charge is 0.145 e. The zero-order valence-corrected chi connectivity index (χ0v) is 12.1. The molecule has 2 aromatic rings. The molecule has 0 spiro atoms. The fourth-order valence-corrected chi connectivity index (χ4v) is 2.42. The Labute approximate surface area is 123 Å². The van der Waals surface area contributed by atoms with Gasteiger partial charge in [0.2, 0.25) is 0 Å². The summed E-state index contributed by atoms with van der Waals surface area (Å²) in [5.41, 5.74) is 5.59. The number of rotatable bonds is 5. The van der Waals surface area contributed by atoms with Gasteiger partial charge in [0, 0.05) is 0 Å². The second-order valence-corrected chi connectivity index (χ2v) is 5.14. The van der Waals surface area contributed by atoms with Gasteiger partial charge in [-0.2, -0.15) is 0 Å². The van der Waals surface area contributed by atoms with Crippen molar-refractivity contribution in [3.8, 4) is 0 Å². The molecule has 4 heteroatoms. The first kappa shape index (κ1) is 15.0. The molecule has 0 aliphatic carbocycles. The van der Waals surface area contributed by atoms with Crippen LogP contribution in [0.25, 0.3) is 0 Å². The van der Waals surface area contributed by atoms with Crippen molar-refractivity contribution >= 4 is 11.6 Å². The lowest BCUT2D eigenvalue weighted by atomic mass is 9.97. The minimum Gasteiger partial charge on any atom is -0.271 e. The number of hydrazine groups is 1. The zero-order valence-electron chi connectivity index (χ0n) is 11.4. The summed E-state index contributed by atoms with van der Waals surface area (Å²) in [6.07, 6.45) is 1.41. The Balaban J connectivity index is 2.26. The van der Waals surface area contributed by atoms with Crippen molar-refractivity contribution in [1.82, 2.24) is 5.43 Å². The van der Waals surface area contributed by atoms with E-state index in [1.165, 1.54) is 5.56 Å². The maximum atomic E-state index is 14.0. The van der Waals surface area contributed by atoms with Crippen LogP contribution in [-0.4, -0.2) is 0 Å². The molecule has 20 heavy (non-hydrogen) atoms. The van der Waals surface area contributed by atoms with Gasteiger partial charge in [-0.25, -0.2) is 4.39 Å². The lowest BCUT2D eigenvalue weighted by molar-refractivity contribution is 0.529. The molecule has 0 bridgehead atoms. The third kappa shape index (κ3) is 3.37. The maximum Gasteiger partial charge on any atom is 0.145 e. The molecule has 1 unspecified atom stereocenters. The van der Waals surface area contributed by atoms with Gasteiger partial charge in [-0.15, -0.1) is 0 Å². The predicted octanol–water partition coefficient (Wildman–Crippen LogP) is 3.79. The summed E-state index contributed by atoms with van der Waals surface area (Å²) >= 11 is 5.81. The van der Waals surface area contributed by atoms with E-state index >= 15 is 0 Å². The summed E-state index contributed by atoms with van der Waals surface area (Å²) in [5, 5.41) is 0.139. The Morgan fingerprint density at radius 1 is 1.25 bits per heavy atom. The SMILES string of the molecule is CCc1cccc(C(Cc2cccc(Cl)c2F)NN)c1. The summed E-state index contributed by atoms with van der Waals surface area (Å²) in [4.78, 5) is 0. The van der Waals surface area contributed by atoms with Crippen LogP contribution in [-0.2, 0) is 12.8 Å². The van der Waals surface area contributed by atoms with Crippen LogP contribution in [0.15, 0.2) is 42.5 Å².